The number of hydrogen-bond donors (Lipinski definition) is 1. The molecule has 0 radical (unpaired) electrons. The Balaban J connectivity index is 1.87. The molecule has 1 aliphatic heterocycles. The molecule has 1 heterocycles. The molecule has 1 atom stereocenters. The number of piperidine rings is 1. The van der Waals surface area contributed by atoms with Gasteiger partial charge in [-0.15, -0.1) is 0 Å². The molecule has 0 amide bonds. The van der Waals surface area contributed by atoms with E-state index < -0.39 is 0 Å². The van der Waals surface area contributed by atoms with Crippen LogP contribution in [0, 0.1) is 5.92 Å². The summed E-state index contributed by atoms with van der Waals surface area (Å²) in [7, 11) is 0. The first kappa shape index (κ1) is 14.4. The number of para-hydroxylation sites is 1. The van der Waals surface area contributed by atoms with Crippen LogP contribution in [0.25, 0.3) is 0 Å². The highest BCUT2D eigenvalue weighted by Crippen LogP contribution is 2.36. The summed E-state index contributed by atoms with van der Waals surface area (Å²) in [6, 6.07) is 18.2. The summed E-state index contributed by atoms with van der Waals surface area (Å²) in [5.41, 5.74) is 1.23. The first-order valence-corrected chi connectivity index (χ1v) is 7.89. The van der Waals surface area contributed by atoms with Gasteiger partial charge in [0.2, 0.25) is 0 Å². The molecule has 3 rings (SSSR count). The molecule has 0 aromatic heterocycles. The Morgan fingerprint density at radius 1 is 0.952 bits per heavy atom. The first-order chi connectivity index (χ1) is 10.3. The molecule has 1 fully saturated rings. The van der Waals surface area contributed by atoms with E-state index in [0.717, 1.165) is 31.7 Å². The van der Waals surface area contributed by atoms with E-state index in [0.29, 0.717) is 10.9 Å². The molecule has 0 spiro atoms. The third kappa shape index (κ3) is 3.58. The smallest absolute Gasteiger partial charge is 0.138 e. The van der Waals surface area contributed by atoms with Crippen molar-refractivity contribution in [3.05, 3.63) is 65.2 Å². The SMILES string of the molecule is Clc1ccccc1OC(c1ccccc1)C1CCNCC1. The van der Waals surface area contributed by atoms with Crippen LogP contribution in [0.1, 0.15) is 24.5 Å². The van der Waals surface area contributed by atoms with Crippen molar-refractivity contribution in [2.75, 3.05) is 13.1 Å². The second-order valence-electron chi connectivity index (χ2n) is 5.47. The summed E-state index contributed by atoms with van der Waals surface area (Å²) in [5, 5.41) is 4.09. The average Bonchev–Trinajstić information content (AvgIpc) is 2.56. The fraction of sp³-hybridized carbons (Fsp3) is 0.333. The van der Waals surface area contributed by atoms with Crippen LogP contribution in [0.15, 0.2) is 54.6 Å². The van der Waals surface area contributed by atoms with Crippen LogP contribution in [-0.2, 0) is 0 Å². The molecule has 21 heavy (non-hydrogen) atoms. The van der Waals surface area contributed by atoms with Gasteiger partial charge in [-0.3, -0.25) is 0 Å². The van der Waals surface area contributed by atoms with Crippen LogP contribution in [0.3, 0.4) is 0 Å². The molecule has 1 N–H and O–H groups in total. The van der Waals surface area contributed by atoms with E-state index >= 15 is 0 Å². The van der Waals surface area contributed by atoms with Gasteiger partial charge in [-0.05, 0) is 43.6 Å². The Morgan fingerprint density at radius 2 is 1.62 bits per heavy atom. The lowest BCUT2D eigenvalue weighted by molar-refractivity contribution is 0.113. The van der Waals surface area contributed by atoms with Gasteiger partial charge in [0.05, 0.1) is 5.02 Å². The molecule has 2 nitrogen and oxygen atoms in total. The van der Waals surface area contributed by atoms with Crippen molar-refractivity contribution >= 4 is 11.6 Å². The van der Waals surface area contributed by atoms with Crippen molar-refractivity contribution < 1.29 is 4.74 Å². The van der Waals surface area contributed by atoms with Gasteiger partial charge in [0.25, 0.3) is 0 Å². The van der Waals surface area contributed by atoms with E-state index in [4.69, 9.17) is 16.3 Å². The minimum absolute atomic E-state index is 0.0631. The molecule has 3 heteroatoms. The van der Waals surface area contributed by atoms with Crippen LogP contribution in [0.4, 0.5) is 0 Å². The van der Waals surface area contributed by atoms with Gasteiger partial charge in [-0.2, -0.15) is 0 Å². The van der Waals surface area contributed by atoms with E-state index in [-0.39, 0.29) is 6.10 Å². The zero-order valence-corrected chi connectivity index (χ0v) is 12.7. The lowest BCUT2D eigenvalue weighted by Crippen LogP contribution is -2.32. The Hall–Kier alpha value is -1.51. The van der Waals surface area contributed by atoms with Gasteiger partial charge >= 0.3 is 0 Å². The molecule has 1 saturated heterocycles. The minimum Gasteiger partial charge on any atom is -0.484 e. The average molecular weight is 302 g/mol. The van der Waals surface area contributed by atoms with E-state index in [1.807, 2.05) is 30.3 Å². The van der Waals surface area contributed by atoms with Gasteiger partial charge in [-0.1, -0.05) is 54.1 Å². The number of nitrogens with one attached hydrogen (secondary N) is 1. The first-order valence-electron chi connectivity index (χ1n) is 7.51. The lowest BCUT2D eigenvalue weighted by atomic mass is 9.88. The van der Waals surface area contributed by atoms with Gasteiger partial charge in [-0.25, -0.2) is 0 Å². The summed E-state index contributed by atoms with van der Waals surface area (Å²) in [6.45, 7) is 2.11. The molecular formula is C18H20ClNO. The molecule has 0 saturated carbocycles. The third-order valence-electron chi connectivity index (χ3n) is 4.03. The highest BCUT2D eigenvalue weighted by atomic mass is 35.5. The van der Waals surface area contributed by atoms with Gasteiger partial charge in [0.1, 0.15) is 11.9 Å². The summed E-state index contributed by atoms with van der Waals surface area (Å²) in [5.74, 6) is 1.29. The number of benzene rings is 2. The monoisotopic (exact) mass is 301 g/mol. The van der Waals surface area contributed by atoms with Crippen LogP contribution in [-0.4, -0.2) is 13.1 Å². The Bertz CT molecular complexity index is 566. The van der Waals surface area contributed by atoms with E-state index in [9.17, 15) is 0 Å². The maximum atomic E-state index is 6.31. The number of ether oxygens (including phenoxy) is 1. The van der Waals surface area contributed by atoms with E-state index in [1.165, 1.54) is 5.56 Å². The summed E-state index contributed by atoms with van der Waals surface area (Å²) in [6.07, 6.45) is 2.32. The molecule has 0 bridgehead atoms. The summed E-state index contributed by atoms with van der Waals surface area (Å²) in [4.78, 5) is 0. The predicted octanol–water partition coefficient (Wildman–Crippen LogP) is 4.46. The van der Waals surface area contributed by atoms with Crippen molar-refractivity contribution in [2.45, 2.75) is 18.9 Å². The van der Waals surface area contributed by atoms with Crippen LogP contribution >= 0.6 is 11.6 Å². The number of rotatable bonds is 4. The van der Waals surface area contributed by atoms with E-state index in [1.54, 1.807) is 0 Å². The summed E-state index contributed by atoms with van der Waals surface area (Å²) >= 11 is 6.26. The standard InChI is InChI=1S/C18H20ClNO/c19-16-8-4-5-9-17(16)21-18(14-6-2-1-3-7-14)15-10-12-20-13-11-15/h1-9,15,18,20H,10-13H2. The van der Waals surface area contributed by atoms with Crippen molar-refractivity contribution in [2.24, 2.45) is 5.92 Å². The Labute approximate surface area is 131 Å². The summed E-state index contributed by atoms with van der Waals surface area (Å²) < 4.78 is 6.31. The molecule has 0 aliphatic carbocycles. The molecule has 1 unspecified atom stereocenters. The van der Waals surface area contributed by atoms with Gasteiger partial charge < -0.3 is 10.1 Å². The highest BCUT2D eigenvalue weighted by molar-refractivity contribution is 6.32. The topological polar surface area (TPSA) is 21.3 Å². The van der Waals surface area contributed by atoms with Gasteiger partial charge in [0.15, 0.2) is 0 Å². The molecular weight excluding hydrogens is 282 g/mol. The zero-order chi connectivity index (χ0) is 14.5. The van der Waals surface area contributed by atoms with E-state index in [2.05, 4.69) is 29.6 Å². The lowest BCUT2D eigenvalue weighted by Gasteiger charge is -2.31. The van der Waals surface area contributed by atoms with Gasteiger partial charge in [0, 0.05) is 5.92 Å². The van der Waals surface area contributed by atoms with Crippen LogP contribution in [0.5, 0.6) is 5.75 Å². The number of halogens is 1. The van der Waals surface area contributed by atoms with Crippen molar-refractivity contribution in [1.29, 1.82) is 0 Å². The Morgan fingerprint density at radius 3 is 2.33 bits per heavy atom. The maximum absolute atomic E-state index is 6.31. The molecule has 110 valence electrons. The minimum atomic E-state index is 0.0631. The quantitative estimate of drug-likeness (QED) is 0.900. The largest absolute Gasteiger partial charge is 0.484 e. The second kappa shape index (κ2) is 6.97. The van der Waals surface area contributed by atoms with Crippen LogP contribution < -0.4 is 10.1 Å². The molecule has 2 aromatic carbocycles. The third-order valence-corrected chi connectivity index (χ3v) is 4.34. The zero-order valence-electron chi connectivity index (χ0n) is 12.0. The van der Waals surface area contributed by atoms with Crippen molar-refractivity contribution in [1.82, 2.24) is 5.32 Å². The second-order valence-corrected chi connectivity index (χ2v) is 5.87. The number of hydrogen-bond acceptors (Lipinski definition) is 2. The van der Waals surface area contributed by atoms with Crippen LogP contribution in [0.2, 0.25) is 5.02 Å². The Kier molecular flexibility index (Phi) is 4.79. The molecule has 1 aliphatic rings. The highest BCUT2D eigenvalue weighted by Gasteiger charge is 2.27. The van der Waals surface area contributed by atoms with Crippen molar-refractivity contribution in [3.63, 3.8) is 0 Å². The predicted molar refractivity (Wildman–Crippen MR) is 86.9 cm³/mol. The fourth-order valence-electron chi connectivity index (χ4n) is 2.90. The molecule has 2 aromatic rings. The van der Waals surface area contributed by atoms with Crippen molar-refractivity contribution in [3.8, 4) is 5.75 Å². The maximum Gasteiger partial charge on any atom is 0.138 e. The fourth-order valence-corrected chi connectivity index (χ4v) is 3.08. The normalized spacial score (nSPS) is 17.4.